The summed E-state index contributed by atoms with van der Waals surface area (Å²) in [5.74, 6) is 0. The third-order valence-electron chi connectivity index (χ3n) is 2.01. The summed E-state index contributed by atoms with van der Waals surface area (Å²) in [5.41, 5.74) is 2.38. The van der Waals surface area contributed by atoms with Gasteiger partial charge in [-0.1, -0.05) is 18.2 Å². The Hall–Kier alpha value is -1.02. The lowest BCUT2D eigenvalue weighted by Crippen LogP contribution is -2.25. The molecule has 3 heteroatoms. The van der Waals surface area contributed by atoms with Gasteiger partial charge in [-0.15, -0.1) is 0 Å². The van der Waals surface area contributed by atoms with Crippen molar-refractivity contribution in [2.45, 2.75) is 6.54 Å². The summed E-state index contributed by atoms with van der Waals surface area (Å²) in [7, 11) is 1.92. The Morgan fingerprint density at radius 3 is 3.00 bits per heavy atom. The number of nitrogens with zero attached hydrogens (tertiary/aromatic N) is 2. The first kappa shape index (κ1) is 7.62. The van der Waals surface area contributed by atoms with Crippen molar-refractivity contribution in [3.8, 4) is 0 Å². The molecule has 0 radical (unpaired) electrons. The molecule has 0 spiro atoms. The van der Waals surface area contributed by atoms with E-state index < -0.39 is 0 Å². The van der Waals surface area contributed by atoms with Crippen LogP contribution in [0.15, 0.2) is 29.3 Å². The van der Waals surface area contributed by atoms with Gasteiger partial charge in [0.05, 0.1) is 6.54 Å². The van der Waals surface area contributed by atoms with E-state index in [1.54, 1.807) is 0 Å². The highest BCUT2D eigenvalue weighted by Crippen LogP contribution is 2.24. The molecule has 1 aliphatic heterocycles. The lowest BCUT2D eigenvalue weighted by atomic mass is 10.1. The van der Waals surface area contributed by atoms with Gasteiger partial charge < -0.3 is 4.90 Å². The molecule has 0 aromatic heterocycles. The van der Waals surface area contributed by atoms with E-state index in [1.165, 1.54) is 5.56 Å². The van der Waals surface area contributed by atoms with Gasteiger partial charge in [-0.3, -0.25) is 4.99 Å². The van der Waals surface area contributed by atoms with E-state index in [9.17, 15) is 0 Å². The van der Waals surface area contributed by atoms with Crippen molar-refractivity contribution in [2.24, 2.45) is 4.99 Å². The van der Waals surface area contributed by atoms with E-state index >= 15 is 0 Å². The Morgan fingerprint density at radius 2 is 2.17 bits per heavy atom. The second-order valence-corrected chi connectivity index (χ2v) is 3.11. The SMILES string of the molecule is CN1C(Cl)=NCc2ccccc21. The standard InChI is InChI=1S/C9H9ClN2/c1-12-8-5-3-2-4-7(8)6-11-9(12)10/h2-5H,6H2,1H3. The number of anilines is 1. The van der Waals surface area contributed by atoms with Gasteiger partial charge >= 0.3 is 0 Å². The Labute approximate surface area is 76.5 Å². The zero-order valence-electron chi connectivity index (χ0n) is 6.79. The van der Waals surface area contributed by atoms with Gasteiger partial charge in [0.25, 0.3) is 0 Å². The lowest BCUT2D eigenvalue weighted by molar-refractivity contribution is 1.01. The number of benzene rings is 1. The maximum atomic E-state index is 5.87. The first-order valence-electron chi connectivity index (χ1n) is 3.80. The van der Waals surface area contributed by atoms with Crippen LogP contribution in [0.3, 0.4) is 0 Å². The van der Waals surface area contributed by atoms with Crippen LogP contribution in [-0.2, 0) is 6.54 Å². The van der Waals surface area contributed by atoms with Gasteiger partial charge in [0.1, 0.15) is 0 Å². The zero-order valence-corrected chi connectivity index (χ0v) is 7.54. The number of para-hydroxylation sites is 1. The van der Waals surface area contributed by atoms with E-state index in [-0.39, 0.29) is 0 Å². The third kappa shape index (κ3) is 1.08. The molecule has 2 rings (SSSR count). The number of amidine groups is 1. The molecule has 0 unspecified atom stereocenters. The van der Waals surface area contributed by atoms with Crippen LogP contribution < -0.4 is 4.90 Å². The molecule has 62 valence electrons. The summed E-state index contributed by atoms with van der Waals surface area (Å²) in [6.45, 7) is 0.694. The maximum absolute atomic E-state index is 5.87. The molecule has 12 heavy (non-hydrogen) atoms. The average Bonchev–Trinajstić information content (AvgIpc) is 2.12. The average molecular weight is 181 g/mol. The summed E-state index contributed by atoms with van der Waals surface area (Å²) >= 11 is 5.87. The maximum Gasteiger partial charge on any atom is 0.198 e. The van der Waals surface area contributed by atoms with E-state index in [4.69, 9.17) is 11.6 Å². The van der Waals surface area contributed by atoms with Crippen molar-refractivity contribution in [2.75, 3.05) is 11.9 Å². The van der Waals surface area contributed by atoms with Crippen LogP contribution in [-0.4, -0.2) is 12.3 Å². The van der Waals surface area contributed by atoms with E-state index in [2.05, 4.69) is 11.1 Å². The molecule has 2 nitrogen and oxygen atoms in total. The molecule has 0 atom stereocenters. The molecular weight excluding hydrogens is 172 g/mol. The minimum atomic E-state index is 0.564. The van der Waals surface area contributed by atoms with Crippen molar-refractivity contribution in [3.63, 3.8) is 0 Å². The summed E-state index contributed by atoms with van der Waals surface area (Å²) in [6.07, 6.45) is 0. The highest BCUT2D eigenvalue weighted by Gasteiger charge is 2.14. The lowest BCUT2D eigenvalue weighted by Gasteiger charge is -2.23. The third-order valence-corrected chi connectivity index (χ3v) is 2.38. The fourth-order valence-corrected chi connectivity index (χ4v) is 1.48. The first-order chi connectivity index (χ1) is 5.79. The quantitative estimate of drug-likeness (QED) is 0.559. The molecule has 0 bridgehead atoms. The van der Waals surface area contributed by atoms with Gasteiger partial charge in [0.2, 0.25) is 0 Å². The van der Waals surface area contributed by atoms with Crippen LogP contribution in [0.4, 0.5) is 5.69 Å². The van der Waals surface area contributed by atoms with Crippen molar-refractivity contribution in [1.29, 1.82) is 0 Å². The number of hydrogen-bond donors (Lipinski definition) is 0. The molecule has 1 aliphatic rings. The smallest absolute Gasteiger partial charge is 0.198 e. The first-order valence-corrected chi connectivity index (χ1v) is 4.18. The molecule has 0 saturated carbocycles. The summed E-state index contributed by atoms with van der Waals surface area (Å²) in [4.78, 5) is 6.05. The van der Waals surface area contributed by atoms with Crippen LogP contribution in [0, 0.1) is 0 Å². The predicted molar refractivity (Wildman–Crippen MR) is 51.8 cm³/mol. The number of hydrogen-bond acceptors (Lipinski definition) is 2. The van der Waals surface area contributed by atoms with E-state index in [0.717, 1.165) is 5.69 Å². The molecule has 0 N–H and O–H groups in total. The molecule has 0 fully saturated rings. The van der Waals surface area contributed by atoms with Gasteiger partial charge in [0.15, 0.2) is 5.29 Å². The Balaban J connectivity index is 2.49. The zero-order chi connectivity index (χ0) is 8.55. The highest BCUT2D eigenvalue weighted by molar-refractivity contribution is 6.68. The molecule has 0 amide bonds. The summed E-state index contributed by atoms with van der Waals surface area (Å²) in [6, 6.07) is 8.14. The predicted octanol–water partition coefficient (Wildman–Crippen LogP) is 2.23. The summed E-state index contributed by atoms with van der Waals surface area (Å²) in [5, 5.41) is 0.564. The largest absolute Gasteiger partial charge is 0.320 e. The van der Waals surface area contributed by atoms with E-state index in [1.807, 2.05) is 30.1 Å². The topological polar surface area (TPSA) is 15.6 Å². The van der Waals surface area contributed by atoms with Gasteiger partial charge in [-0.25, -0.2) is 0 Å². The molecule has 0 saturated heterocycles. The summed E-state index contributed by atoms with van der Waals surface area (Å²) < 4.78 is 0. The monoisotopic (exact) mass is 180 g/mol. The Kier molecular flexibility index (Phi) is 1.77. The minimum Gasteiger partial charge on any atom is -0.320 e. The van der Waals surface area contributed by atoms with Crippen LogP contribution in [0.2, 0.25) is 0 Å². The molecule has 1 heterocycles. The molecular formula is C9H9ClN2. The molecule has 0 aliphatic carbocycles. The van der Waals surface area contributed by atoms with Crippen LogP contribution >= 0.6 is 11.6 Å². The second kappa shape index (κ2) is 2.79. The fraction of sp³-hybridized carbons (Fsp3) is 0.222. The Morgan fingerprint density at radius 1 is 1.42 bits per heavy atom. The second-order valence-electron chi connectivity index (χ2n) is 2.77. The van der Waals surface area contributed by atoms with Crippen molar-refractivity contribution in [3.05, 3.63) is 29.8 Å². The fourth-order valence-electron chi connectivity index (χ4n) is 1.33. The minimum absolute atomic E-state index is 0.564. The highest BCUT2D eigenvalue weighted by atomic mass is 35.5. The van der Waals surface area contributed by atoms with Gasteiger partial charge in [-0.05, 0) is 23.2 Å². The van der Waals surface area contributed by atoms with Crippen LogP contribution in [0.1, 0.15) is 5.56 Å². The number of halogens is 1. The van der Waals surface area contributed by atoms with E-state index in [0.29, 0.717) is 11.8 Å². The van der Waals surface area contributed by atoms with Crippen LogP contribution in [0.25, 0.3) is 0 Å². The molecule has 1 aromatic carbocycles. The van der Waals surface area contributed by atoms with Crippen LogP contribution in [0.5, 0.6) is 0 Å². The normalized spacial score (nSPS) is 15.5. The number of rotatable bonds is 0. The number of aliphatic imine (C=N–C) groups is 1. The number of fused-ring (bicyclic) bond motifs is 1. The van der Waals surface area contributed by atoms with Crippen molar-refractivity contribution >= 4 is 22.6 Å². The van der Waals surface area contributed by atoms with Crippen molar-refractivity contribution in [1.82, 2.24) is 0 Å². The van der Waals surface area contributed by atoms with Crippen molar-refractivity contribution < 1.29 is 0 Å². The molecule has 1 aromatic rings. The van der Waals surface area contributed by atoms with Gasteiger partial charge in [0, 0.05) is 12.7 Å². The van der Waals surface area contributed by atoms with Gasteiger partial charge in [-0.2, -0.15) is 0 Å². The Bertz CT molecular complexity index is 333.